The molecule has 144 valence electrons. The lowest BCUT2D eigenvalue weighted by atomic mass is 10.0. The van der Waals surface area contributed by atoms with Crippen LogP contribution in [0.1, 0.15) is 11.1 Å². The molecule has 2 aromatic carbocycles. The standard InChI is InChI=1S/C13H16FNO2.C8H9NO/c14-11-2-1-10-7-12(9-17-13(10)8-11)15-3-5-16-6-4-15;10-7-9-6-8-4-2-1-3-5-8/h1-2,8,12H,3-7,9H2;1-5,7H,6H2,(H,9,10)/t12-;/m1./s1. The van der Waals surface area contributed by atoms with Crippen molar-refractivity contribution in [1.82, 2.24) is 10.2 Å². The molecule has 0 unspecified atom stereocenters. The maximum absolute atomic E-state index is 13.0. The molecule has 0 saturated carbocycles. The van der Waals surface area contributed by atoms with Crippen LogP contribution >= 0.6 is 0 Å². The van der Waals surface area contributed by atoms with E-state index >= 15 is 0 Å². The van der Waals surface area contributed by atoms with Crippen molar-refractivity contribution < 1.29 is 18.7 Å². The Morgan fingerprint density at radius 3 is 2.67 bits per heavy atom. The van der Waals surface area contributed by atoms with Crippen molar-refractivity contribution in [2.24, 2.45) is 0 Å². The summed E-state index contributed by atoms with van der Waals surface area (Å²) in [5, 5.41) is 2.58. The van der Waals surface area contributed by atoms with E-state index in [-0.39, 0.29) is 5.82 Å². The Balaban J connectivity index is 0.000000180. The Labute approximate surface area is 159 Å². The number of ether oxygens (including phenoxy) is 2. The van der Waals surface area contributed by atoms with Gasteiger partial charge in [0.1, 0.15) is 18.2 Å². The summed E-state index contributed by atoms with van der Waals surface area (Å²) in [6.07, 6.45) is 1.64. The molecule has 1 atom stereocenters. The number of nitrogens with one attached hydrogen (secondary N) is 1. The molecular formula is C21H25FN2O3. The number of nitrogens with zero attached hydrogens (tertiary/aromatic N) is 1. The zero-order valence-corrected chi connectivity index (χ0v) is 15.3. The first-order chi connectivity index (χ1) is 13.3. The molecule has 1 saturated heterocycles. The summed E-state index contributed by atoms with van der Waals surface area (Å²) in [4.78, 5) is 12.3. The minimum absolute atomic E-state index is 0.228. The topological polar surface area (TPSA) is 50.8 Å². The van der Waals surface area contributed by atoms with Gasteiger partial charge < -0.3 is 14.8 Å². The number of hydrogen-bond donors (Lipinski definition) is 1. The largest absolute Gasteiger partial charge is 0.492 e. The van der Waals surface area contributed by atoms with Crippen LogP contribution < -0.4 is 10.1 Å². The first-order valence-electron chi connectivity index (χ1n) is 9.20. The number of fused-ring (bicyclic) bond motifs is 1. The van der Waals surface area contributed by atoms with Crippen LogP contribution in [0.25, 0.3) is 0 Å². The van der Waals surface area contributed by atoms with Gasteiger partial charge >= 0.3 is 0 Å². The summed E-state index contributed by atoms with van der Waals surface area (Å²) < 4.78 is 24.0. The van der Waals surface area contributed by atoms with E-state index in [1.807, 2.05) is 36.4 Å². The van der Waals surface area contributed by atoms with Crippen molar-refractivity contribution in [3.63, 3.8) is 0 Å². The van der Waals surface area contributed by atoms with E-state index in [2.05, 4.69) is 10.2 Å². The summed E-state index contributed by atoms with van der Waals surface area (Å²) >= 11 is 0. The van der Waals surface area contributed by atoms with Gasteiger partial charge in [0.15, 0.2) is 0 Å². The van der Waals surface area contributed by atoms with Gasteiger partial charge in [-0.05, 0) is 23.6 Å². The van der Waals surface area contributed by atoms with Crippen LogP contribution in [0, 0.1) is 5.82 Å². The molecule has 2 aromatic rings. The van der Waals surface area contributed by atoms with E-state index < -0.39 is 0 Å². The van der Waals surface area contributed by atoms with Crippen LogP contribution in [-0.2, 0) is 22.5 Å². The molecule has 2 aliphatic heterocycles. The fourth-order valence-electron chi connectivity index (χ4n) is 3.26. The van der Waals surface area contributed by atoms with Gasteiger partial charge in [0.2, 0.25) is 6.41 Å². The van der Waals surface area contributed by atoms with E-state index in [4.69, 9.17) is 9.47 Å². The number of hydrogen-bond acceptors (Lipinski definition) is 4. The molecule has 2 heterocycles. The third-order valence-corrected chi connectivity index (χ3v) is 4.71. The first-order valence-corrected chi connectivity index (χ1v) is 9.20. The van der Waals surface area contributed by atoms with Gasteiger partial charge in [-0.3, -0.25) is 9.69 Å². The SMILES string of the molecule is Fc1ccc2c(c1)OC[C@H](N1CCOCC1)C2.O=CNCc1ccccc1. The molecule has 27 heavy (non-hydrogen) atoms. The lowest BCUT2D eigenvalue weighted by Gasteiger charge is -2.37. The smallest absolute Gasteiger partial charge is 0.207 e. The van der Waals surface area contributed by atoms with Gasteiger partial charge in [-0.15, -0.1) is 0 Å². The summed E-state index contributed by atoms with van der Waals surface area (Å²) in [5.74, 6) is 0.475. The Morgan fingerprint density at radius 2 is 1.93 bits per heavy atom. The fraction of sp³-hybridized carbons (Fsp3) is 0.381. The minimum Gasteiger partial charge on any atom is -0.492 e. The van der Waals surface area contributed by atoms with E-state index in [1.165, 1.54) is 12.1 Å². The highest BCUT2D eigenvalue weighted by atomic mass is 19.1. The van der Waals surface area contributed by atoms with Crippen LogP contribution in [-0.4, -0.2) is 50.3 Å². The Morgan fingerprint density at radius 1 is 1.15 bits per heavy atom. The number of halogens is 1. The Hall–Kier alpha value is -2.44. The van der Waals surface area contributed by atoms with Gasteiger partial charge in [-0.25, -0.2) is 4.39 Å². The zero-order valence-electron chi connectivity index (χ0n) is 15.3. The molecule has 0 spiro atoms. The van der Waals surface area contributed by atoms with Crippen LogP contribution in [0.4, 0.5) is 4.39 Å². The molecule has 1 N–H and O–H groups in total. The molecular weight excluding hydrogens is 347 g/mol. The highest BCUT2D eigenvalue weighted by Crippen LogP contribution is 2.27. The van der Waals surface area contributed by atoms with Crippen molar-refractivity contribution in [2.45, 2.75) is 19.0 Å². The van der Waals surface area contributed by atoms with Gasteiger partial charge in [0.25, 0.3) is 0 Å². The van der Waals surface area contributed by atoms with Gasteiger partial charge in [0, 0.05) is 31.7 Å². The number of carbonyl (C=O) groups is 1. The maximum atomic E-state index is 13.0. The van der Waals surface area contributed by atoms with Gasteiger partial charge in [-0.2, -0.15) is 0 Å². The zero-order chi connectivity index (χ0) is 18.9. The first kappa shape index (κ1) is 19.3. The summed E-state index contributed by atoms with van der Waals surface area (Å²) in [6, 6.07) is 15.0. The number of morpholine rings is 1. The minimum atomic E-state index is -0.228. The predicted octanol–water partition coefficient (Wildman–Crippen LogP) is 2.39. The summed E-state index contributed by atoms with van der Waals surface area (Å²) in [5.41, 5.74) is 2.23. The molecule has 1 amide bonds. The predicted molar refractivity (Wildman–Crippen MR) is 101 cm³/mol. The number of benzene rings is 2. The molecule has 5 nitrogen and oxygen atoms in total. The van der Waals surface area contributed by atoms with Crippen LogP contribution in [0.2, 0.25) is 0 Å². The summed E-state index contributed by atoms with van der Waals surface area (Å²) in [6.45, 7) is 4.79. The number of rotatable bonds is 4. The Bertz CT molecular complexity index is 721. The van der Waals surface area contributed by atoms with Crippen LogP contribution in [0.5, 0.6) is 5.75 Å². The molecule has 0 aromatic heterocycles. The second-order valence-electron chi connectivity index (χ2n) is 6.55. The average molecular weight is 372 g/mol. The molecule has 0 bridgehead atoms. The van der Waals surface area contributed by atoms with Crippen molar-refractivity contribution in [2.75, 3.05) is 32.9 Å². The second-order valence-corrected chi connectivity index (χ2v) is 6.55. The third kappa shape index (κ3) is 5.77. The van der Waals surface area contributed by atoms with Gasteiger partial charge in [-0.1, -0.05) is 36.4 Å². The van der Waals surface area contributed by atoms with Crippen molar-refractivity contribution in [1.29, 1.82) is 0 Å². The molecule has 1 fully saturated rings. The van der Waals surface area contributed by atoms with Crippen LogP contribution in [0.3, 0.4) is 0 Å². The molecule has 6 heteroatoms. The monoisotopic (exact) mass is 372 g/mol. The van der Waals surface area contributed by atoms with E-state index in [1.54, 1.807) is 0 Å². The van der Waals surface area contributed by atoms with E-state index in [0.29, 0.717) is 31.4 Å². The molecule has 4 rings (SSSR count). The highest BCUT2D eigenvalue weighted by Gasteiger charge is 2.26. The van der Waals surface area contributed by atoms with Crippen LogP contribution in [0.15, 0.2) is 48.5 Å². The van der Waals surface area contributed by atoms with Crippen molar-refractivity contribution in [3.8, 4) is 5.75 Å². The second kappa shape index (κ2) is 10.0. The summed E-state index contributed by atoms with van der Waals surface area (Å²) in [7, 11) is 0. The number of carbonyl (C=O) groups excluding carboxylic acids is 1. The molecule has 0 aliphatic carbocycles. The normalized spacial score (nSPS) is 19.1. The fourth-order valence-corrected chi connectivity index (χ4v) is 3.26. The molecule has 0 radical (unpaired) electrons. The lowest BCUT2D eigenvalue weighted by Crippen LogP contribution is -2.48. The highest BCUT2D eigenvalue weighted by molar-refractivity contribution is 5.46. The quantitative estimate of drug-likeness (QED) is 0.838. The number of amides is 1. The van der Waals surface area contributed by atoms with Crippen molar-refractivity contribution >= 4 is 6.41 Å². The molecule has 2 aliphatic rings. The van der Waals surface area contributed by atoms with E-state index in [0.717, 1.165) is 43.9 Å². The average Bonchev–Trinajstić information content (AvgIpc) is 2.74. The van der Waals surface area contributed by atoms with Crippen molar-refractivity contribution in [3.05, 3.63) is 65.5 Å². The third-order valence-electron chi connectivity index (χ3n) is 4.71. The van der Waals surface area contributed by atoms with E-state index in [9.17, 15) is 9.18 Å². The Kier molecular flexibility index (Phi) is 7.19. The lowest BCUT2D eigenvalue weighted by molar-refractivity contribution is -0.109. The van der Waals surface area contributed by atoms with Gasteiger partial charge in [0.05, 0.1) is 13.2 Å². The maximum Gasteiger partial charge on any atom is 0.207 e.